The molecule has 0 fully saturated rings. The van der Waals surface area contributed by atoms with Crippen molar-refractivity contribution >= 4 is 17.9 Å². The molecule has 6 nitrogen and oxygen atoms in total. The Kier molecular flexibility index (Phi) is 8.09. The first kappa shape index (κ1) is 23.3. The third kappa shape index (κ3) is 7.78. The Morgan fingerprint density at radius 1 is 1.16 bits per heavy atom. The first-order chi connectivity index (χ1) is 14.7. The van der Waals surface area contributed by atoms with Gasteiger partial charge < -0.3 is 20.5 Å². The Morgan fingerprint density at radius 3 is 2.61 bits per heavy atom. The summed E-state index contributed by atoms with van der Waals surface area (Å²) in [4.78, 5) is 22.7. The number of amides is 2. The number of halogens is 3. The fourth-order valence-electron chi connectivity index (χ4n) is 2.34. The molecular weight excluding hydrogens is 413 g/mol. The van der Waals surface area contributed by atoms with E-state index in [4.69, 9.17) is 15.2 Å². The van der Waals surface area contributed by atoms with E-state index in [9.17, 15) is 22.8 Å². The van der Waals surface area contributed by atoms with Crippen LogP contribution in [0.4, 0.5) is 13.2 Å². The molecule has 0 saturated carbocycles. The van der Waals surface area contributed by atoms with E-state index < -0.39 is 23.6 Å². The summed E-state index contributed by atoms with van der Waals surface area (Å²) < 4.78 is 48.4. The molecule has 31 heavy (non-hydrogen) atoms. The highest BCUT2D eigenvalue weighted by Crippen LogP contribution is 2.29. The van der Waals surface area contributed by atoms with Crippen LogP contribution in [0.2, 0.25) is 0 Å². The van der Waals surface area contributed by atoms with Gasteiger partial charge in [-0.1, -0.05) is 24.0 Å². The standard InChI is InChI=1S/C22H19F3N2O4/c1-30-19-13-16(7-9-18(19)31-14-20(26)28)8-10-21(29)27-11-3-5-15-4-2-6-17(12-15)22(23,24)25/h2,4,6-10,12-13H,11,14H2,1H3,(H2,26,28)(H,27,29)/b10-8+. The molecule has 0 heterocycles. The van der Waals surface area contributed by atoms with Crippen molar-refractivity contribution < 1.29 is 32.2 Å². The zero-order valence-electron chi connectivity index (χ0n) is 16.5. The van der Waals surface area contributed by atoms with Crippen molar-refractivity contribution in [2.45, 2.75) is 6.18 Å². The van der Waals surface area contributed by atoms with Gasteiger partial charge in [-0.25, -0.2) is 0 Å². The van der Waals surface area contributed by atoms with Gasteiger partial charge in [0.25, 0.3) is 5.91 Å². The van der Waals surface area contributed by atoms with Gasteiger partial charge in [0.05, 0.1) is 19.2 Å². The van der Waals surface area contributed by atoms with Crippen LogP contribution in [-0.2, 0) is 15.8 Å². The van der Waals surface area contributed by atoms with Crippen molar-refractivity contribution in [1.82, 2.24) is 5.32 Å². The predicted octanol–water partition coefficient (Wildman–Crippen LogP) is 2.76. The van der Waals surface area contributed by atoms with E-state index in [1.807, 2.05) is 0 Å². The molecular formula is C22H19F3N2O4. The van der Waals surface area contributed by atoms with Gasteiger partial charge in [0.1, 0.15) is 0 Å². The first-order valence-electron chi connectivity index (χ1n) is 8.90. The molecule has 2 aromatic rings. The molecule has 0 aliphatic rings. The molecule has 2 aromatic carbocycles. The Labute approximate surface area is 176 Å². The molecule has 2 amide bonds. The maximum atomic E-state index is 12.7. The summed E-state index contributed by atoms with van der Waals surface area (Å²) in [7, 11) is 1.43. The minimum Gasteiger partial charge on any atom is -0.493 e. The molecule has 0 aliphatic carbocycles. The van der Waals surface area contributed by atoms with Crippen molar-refractivity contribution in [1.29, 1.82) is 0 Å². The van der Waals surface area contributed by atoms with Crippen LogP contribution in [0.25, 0.3) is 6.08 Å². The van der Waals surface area contributed by atoms with Gasteiger partial charge >= 0.3 is 6.18 Å². The number of hydrogen-bond donors (Lipinski definition) is 2. The summed E-state index contributed by atoms with van der Waals surface area (Å²) in [6, 6.07) is 9.45. The maximum Gasteiger partial charge on any atom is 0.416 e. The van der Waals surface area contributed by atoms with E-state index in [1.54, 1.807) is 18.2 Å². The normalized spacial score (nSPS) is 10.8. The van der Waals surface area contributed by atoms with E-state index in [0.717, 1.165) is 12.1 Å². The van der Waals surface area contributed by atoms with Crippen LogP contribution in [0.5, 0.6) is 11.5 Å². The Morgan fingerprint density at radius 2 is 1.94 bits per heavy atom. The Bertz CT molecular complexity index is 1040. The second kappa shape index (κ2) is 10.7. The summed E-state index contributed by atoms with van der Waals surface area (Å²) in [5.41, 5.74) is 5.08. The van der Waals surface area contributed by atoms with Crippen molar-refractivity contribution in [2.24, 2.45) is 5.73 Å². The van der Waals surface area contributed by atoms with E-state index in [-0.39, 0.29) is 18.7 Å². The number of ether oxygens (including phenoxy) is 2. The Hall–Kier alpha value is -3.93. The van der Waals surface area contributed by atoms with E-state index in [2.05, 4.69) is 17.2 Å². The topological polar surface area (TPSA) is 90.7 Å². The number of methoxy groups -OCH3 is 1. The fraction of sp³-hybridized carbons (Fsp3) is 0.182. The van der Waals surface area contributed by atoms with E-state index in [0.29, 0.717) is 17.1 Å². The lowest BCUT2D eigenvalue weighted by atomic mass is 10.1. The van der Waals surface area contributed by atoms with Crippen LogP contribution in [0, 0.1) is 11.8 Å². The molecule has 9 heteroatoms. The van der Waals surface area contributed by atoms with Crippen LogP contribution < -0.4 is 20.5 Å². The van der Waals surface area contributed by atoms with Crippen molar-refractivity contribution in [3.05, 3.63) is 65.2 Å². The molecule has 0 radical (unpaired) electrons. The van der Waals surface area contributed by atoms with Gasteiger partial charge in [-0.05, 0) is 42.0 Å². The molecule has 0 unspecified atom stereocenters. The summed E-state index contributed by atoms with van der Waals surface area (Å²) >= 11 is 0. The summed E-state index contributed by atoms with van der Waals surface area (Å²) in [6.07, 6.45) is -1.65. The van der Waals surface area contributed by atoms with E-state index in [1.165, 1.54) is 31.4 Å². The van der Waals surface area contributed by atoms with Crippen molar-refractivity contribution in [3.8, 4) is 23.3 Å². The average Bonchev–Trinajstić information content (AvgIpc) is 2.73. The largest absolute Gasteiger partial charge is 0.493 e. The van der Waals surface area contributed by atoms with Crippen LogP contribution in [0.3, 0.4) is 0 Å². The number of nitrogens with one attached hydrogen (secondary N) is 1. The molecule has 0 aromatic heterocycles. The third-order valence-electron chi connectivity index (χ3n) is 3.76. The SMILES string of the molecule is COc1cc(/C=C/C(=O)NCC#Cc2cccc(C(F)(F)F)c2)ccc1OCC(N)=O. The first-order valence-corrected chi connectivity index (χ1v) is 8.90. The van der Waals surface area contributed by atoms with Crippen LogP contribution in [0.1, 0.15) is 16.7 Å². The number of nitrogens with two attached hydrogens (primary N) is 1. The molecule has 3 N–H and O–H groups in total. The number of carbonyl (C=O) groups excluding carboxylic acids is 2. The molecule has 2 rings (SSSR count). The molecule has 162 valence electrons. The third-order valence-corrected chi connectivity index (χ3v) is 3.76. The number of alkyl halides is 3. The minimum absolute atomic E-state index is 0.0391. The van der Waals surface area contributed by atoms with Gasteiger partial charge in [0, 0.05) is 11.6 Å². The number of carbonyl (C=O) groups is 2. The molecule has 0 saturated heterocycles. The fourth-order valence-corrected chi connectivity index (χ4v) is 2.34. The van der Waals surface area contributed by atoms with Crippen molar-refractivity contribution in [3.63, 3.8) is 0 Å². The Balaban J connectivity index is 1.92. The summed E-state index contributed by atoms with van der Waals surface area (Å²) in [5, 5.41) is 2.51. The maximum absolute atomic E-state index is 12.7. The number of primary amides is 1. The summed E-state index contributed by atoms with van der Waals surface area (Å²) in [5.74, 6) is 4.80. The highest BCUT2D eigenvalue weighted by Gasteiger charge is 2.30. The zero-order valence-corrected chi connectivity index (χ0v) is 16.5. The van der Waals surface area contributed by atoms with Crippen molar-refractivity contribution in [2.75, 3.05) is 20.3 Å². The molecule has 0 bridgehead atoms. The van der Waals surface area contributed by atoms with Gasteiger partial charge in [-0.15, -0.1) is 0 Å². The van der Waals surface area contributed by atoms with Gasteiger partial charge in [0.15, 0.2) is 18.1 Å². The summed E-state index contributed by atoms with van der Waals surface area (Å²) in [6.45, 7) is -0.335. The predicted molar refractivity (Wildman–Crippen MR) is 108 cm³/mol. The van der Waals surface area contributed by atoms with Gasteiger partial charge in [0.2, 0.25) is 5.91 Å². The lowest BCUT2D eigenvalue weighted by molar-refractivity contribution is -0.137. The molecule has 0 spiro atoms. The molecule has 0 aliphatic heterocycles. The average molecular weight is 432 g/mol. The second-order valence-corrected chi connectivity index (χ2v) is 6.10. The molecule has 0 atom stereocenters. The number of hydrogen-bond acceptors (Lipinski definition) is 4. The zero-order chi connectivity index (χ0) is 22.9. The second-order valence-electron chi connectivity index (χ2n) is 6.10. The number of rotatable bonds is 7. The van der Waals surface area contributed by atoms with Crippen LogP contribution in [0.15, 0.2) is 48.5 Å². The van der Waals surface area contributed by atoms with Crippen LogP contribution >= 0.6 is 0 Å². The monoisotopic (exact) mass is 432 g/mol. The number of benzene rings is 2. The quantitative estimate of drug-likeness (QED) is 0.520. The minimum atomic E-state index is -4.44. The smallest absolute Gasteiger partial charge is 0.416 e. The van der Waals surface area contributed by atoms with Gasteiger partial charge in [-0.2, -0.15) is 13.2 Å². The van der Waals surface area contributed by atoms with Crippen LogP contribution in [-0.4, -0.2) is 32.1 Å². The highest BCUT2D eigenvalue weighted by molar-refractivity contribution is 5.92. The lowest BCUT2D eigenvalue weighted by Crippen LogP contribution is -2.21. The van der Waals surface area contributed by atoms with Gasteiger partial charge in [-0.3, -0.25) is 9.59 Å². The van der Waals surface area contributed by atoms with E-state index >= 15 is 0 Å². The highest BCUT2D eigenvalue weighted by atomic mass is 19.4. The lowest BCUT2D eigenvalue weighted by Gasteiger charge is -2.09.